The Labute approximate surface area is 183 Å². The Morgan fingerprint density at radius 1 is 0.935 bits per heavy atom. The third-order valence-corrected chi connectivity index (χ3v) is 5.86. The molecule has 1 aliphatic rings. The molecule has 1 unspecified atom stereocenters. The Morgan fingerprint density at radius 3 is 2.26 bits per heavy atom. The molecule has 0 aliphatic carbocycles. The van der Waals surface area contributed by atoms with Crippen molar-refractivity contribution in [1.29, 1.82) is 0 Å². The van der Waals surface area contributed by atoms with Gasteiger partial charge in [-0.2, -0.15) is 0 Å². The summed E-state index contributed by atoms with van der Waals surface area (Å²) in [7, 11) is 0. The van der Waals surface area contributed by atoms with Crippen molar-refractivity contribution in [3.8, 4) is 0 Å². The number of rotatable bonds is 8. The fourth-order valence-corrected chi connectivity index (χ4v) is 4.23. The van der Waals surface area contributed by atoms with Crippen LogP contribution in [-0.4, -0.2) is 29.1 Å². The molecule has 31 heavy (non-hydrogen) atoms. The van der Waals surface area contributed by atoms with Gasteiger partial charge in [-0.1, -0.05) is 72.8 Å². The zero-order chi connectivity index (χ0) is 21.5. The maximum Gasteiger partial charge on any atom is 0.269 e. The number of benzene rings is 3. The quantitative estimate of drug-likeness (QED) is 0.346. The summed E-state index contributed by atoms with van der Waals surface area (Å²) in [5.74, 6) is 0. The molecule has 1 aliphatic heterocycles. The van der Waals surface area contributed by atoms with Crippen molar-refractivity contribution in [2.24, 2.45) is 0 Å². The van der Waals surface area contributed by atoms with Crippen molar-refractivity contribution in [3.63, 3.8) is 0 Å². The zero-order valence-electron chi connectivity index (χ0n) is 17.6. The first kappa shape index (κ1) is 21.2. The molecular formula is C26H28N2O3. The van der Waals surface area contributed by atoms with E-state index in [1.165, 1.54) is 0 Å². The minimum absolute atomic E-state index is 0.0258. The van der Waals surface area contributed by atoms with Crippen LogP contribution in [0.4, 0.5) is 5.69 Å². The van der Waals surface area contributed by atoms with E-state index in [9.17, 15) is 10.1 Å². The lowest BCUT2D eigenvalue weighted by molar-refractivity contribution is -0.384. The molecule has 0 radical (unpaired) electrons. The highest BCUT2D eigenvalue weighted by Crippen LogP contribution is 2.31. The first-order valence-electron chi connectivity index (χ1n) is 10.9. The van der Waals surface area contributed by atoms with E-state index in [0.717, 1.165) is 55.5 Å². The highest BCUT2D eigenvalue weighted by molar-refractivity contribution is 5.34. The van der Waals surface area contributed by atoms with Crippen LogP contribution < -0.4 is 0 Å². The van der Waals surface area contributed by atoms with Crippen LogP contribution in [0, 0.1) is 10.1 Å². The van der Waals surface area contributed by atoms with Crippen molar-refractivity contribution < 1.29 is 9.66 Å². The molecule has 5 nitrogen and oxygen atoms in total. The molecule has 0 N–H and O–H groups in total. The van der Waals surface area contributed by atoms with E-state index in [4.69, 9.17) is 4.74 Å². The summed E-state index contributed by atoms with van der Waals surface area (Å²) >= 11 is 0. The van der Waals surface area contributed by atoms with Crippen LogP contribution in [0.25, 0.3) is 0 Å². The molecule has 4 rings (SSSR count). The summed E-state index contributed by atoms with van der Waals surface area (Å²) in [6, 6.07) is 27.7. The van der Waals surface area contributed by atoms with Gasteiger partial charge in [-0.15, -0.1) is 0 Å². The first-order valence-corrected chi connectivity index (χ1v) is 10.9. The molecule has 5 heteroatoms. The Balaban J connectivity index is 1.49. The van der Waals surface area contributed by atoms with Crippen molar-refractivity contribution in [1.82, 2.24) is 4.90 Å². The molecule has 3 aromatic rings. The lowest BCUT2D eigenvalue weighted by Gasteiger charge is -2.38. The minimum Gasteiger partial charge on any atom is -0.350 e. The predicted molar refractivity (Wildman–Crippen MR) is 122 cm³/mol. The SMILES string of the molecule is O=[N+]([O-])c1cccc(CCN2CCCCC2OC(c2ccccc2)c2ccccc2)c1. The van der Waals surface area contributed by atoms with Gasteiger partial charge < -0.3 is 4.74 Å². The molecule has 1 atom stereocenters. The van der Waals surface area contributed by atoms with Crippen molar-refractivity contribution in [2.45, 2.75) is 38.0 Å². The average Bonchev–Trinajstić information content (AvgIpc) is 2.83. The number of hydrogen-bond acceptors (Lipinski definition) is 4. The normalized spacial score (nSPS) is 17.0. The summed E-state index contributed by atoms with van der Waals surface area (Å²) in [6.45, 7) is 1.80. The van der Waals surface area contributed by atoms with Gasteiger partial charge in [-0.25, -0.2) is 0 Å². The van der Waals surface area contributed by atoms with Crippen LogP contribution in [0.1, 0.15) is 42.1 Å². The Bertz CT molecular complexity index is 939. The van der Waals surface area contributed by atoms with E-state index in [1.807, 2.05) is 18.2 Å². The molecule has 0 bridgehead atoms. The van der Waals surface area contributed by atoms with Crippen LogP contribution in [0.15, 0.2) is 84.9 Å². The molecular weight excluding hydrogens is 388 g/mol. The molecule has 0 aromatic heterocycles. The molecule has 160 valence electrons. The number of hydrogen-bond donors (Lipinski definition) is 0. The third-order valence-electron chi connectivity index (χ3n) is 5.86. The molecule has 0 saturated carbocycles. The van der Waals surface area contributed by atoms with Gasteiger partial charge in [0.2, 0.25) is 0 Å². The number of ether oxygens (including phenoxy) is 1. The van der Waals surface area contributed by atoms with Gasteiger partial charge in [0.05, 0.1) is 4.92 Å². The highest BCUT2D eigenvalue weighted by atomic mass is 16.6. The van der Waals surface area contributed by atoms with Gasteiger partial charge in [-0.3, -0.25) is 15.0 Å². The number of likely N-dealkylation sites (tertiary alicyclic amines) is 1. The smallest absolute Gasteiger partial charge is 0.269 e. The molecule has 0 spiro atoms. The number of nitro groups is 1. The fraction of sp³-hybridized carbons (Fsp3) is 0.308. The minimum atomic E-state index is -0.333. The summed E-state index contributed by atoms with van der Waals surface area (Å²) in [6.07, 6.45) is 3.96. The van der Waals surface area contributed by atoms with Gasteiger partial charge in [-0.05, 0) is 42.4 Å². The monoisotopic (exact) mass is 416 g/mol. The Kier molecular flexibility index (Phi) is 7.07. The first-order chi connectivity index (χ1) is 15.2. The largest absolute Gasteiger partial charge is 0.350 e. The molecule has 1 fully saturated rings. The second kappa shape index (κ2) is 10.3. The van der Waals surface area contributed by atoms with E-state index < -0.39 is 0 Å². The van der Waals surface area contributed by atoms with E-state index in [1.54, 1.807) is 18.2 Å². The van der Waals surface area contributed by atoms with Crippen LogP contribution in [-0.2, 0) is 11.2 Å². The van der Waals surface area contributed by atoms with Crippen LogP contribution in [0.3, 0.4) is 0 Å². The third kappa shape index (κ3) is 5.57. The van der Waals surface area contributed by atoms with E-state index >= 15 is 0 Å². The van der Waals surface area contributed by atoms with Crippen LogP contribution in [0.5, 0.6) is 0 Å². The van der Waals surface area contributed by atoms with Gasteiger partial charge in [0.15, 0.2) is 0 Å². The molecule has 3 aromatic carbocycles. The zero-order valence-corrected chi connectivity index (χ0v) is 17.6. The van der Waals surface area contributed by atoms with Crippen LogP contribution in [0.2, 0.25) is 0 Å². The van der Waals surface area contributed by atoms with Gasteiger partial charge in [0.1, 0.15) is 12.3 Å². The summed E-state index contributed by atoms with van der Waals surface area (Å²) < 4.78 is 6.74. The van der Waals surface area contributed by atoms with E-state index in [2.05, 4.69) is 53.4 Å². The van der Waals surface area contributed by atoms with E-state index in [-0.39, 0.29) is 22.9 Å². The molecule has 1 heterocycles. The van der Waals surface area contributed by atoms with Crippen molar-refractivity contribution >= 4 is 5.69 Å². The standard InChI is InChI=1S/C26H28N2O3/c29-28(30)24-15-9-10-21(20-24)17-19-27-18-8-7-16-25(27)31-26(22-11-3-1-4-12-22)23-13-5-2-6-14-23/h1-6,9-15,20,25-26H,7-8,16-19H2. The van der Waals surface area contributed by atoms with Gasteiger partial charge in [0.25, 0.3) is 5.69 Å². The van der Waals surface area contributed by atoms with Crippen LogP contribution >= 0.6 is 0 Å². The van der Waals surface area contributed by atoms with E-state index in [0.29, 0.717) is 0 Å². The number of piperidine rings is 1. The van der Waals surface area contributed by atoms with Crippen molar-refractivity contribution in [2.75, 3.05) is 13.1 Å². The topological polar surface area (TPSA) is 55.6 Å². The average molecular weight is 417 g/mol. The Morgan fingerprint density at radius 2 is 1.61 bits per heavy atom. The second-order valence-electron chi connectivity index (χ2n) is 8.00. The number of nitrogens with zero attached hydrogens (tertiary/aromatic N) is 2. The maximum absolute atomic E-state index is 11.1. The number of non-ortho nitro benzene ring substituents is 1. The summed E-state index contributed by atoms with van der Waals surface area (Å²) in [4.78, 5) is 13.1. The molecule has 0 amide bonds. The maximum atomic E-state index is 11.1. The fourth-order valence-electron chi connectivity index (χ4n) is 4.23. The lowest BCUT2D eigenvalue weighted by Crippen LogP contribution is -2.43. The summed E-state index contributed by atoms with van der Waals surface area (Å²) in [5, 5.41) is 11.1. The predicted octanol–water partition coefficient (Wildman–Crippen LogP) is 5.76. The Hall–Kier alpha value is -3.02. The number of nitro benzene ring substituents is 1. The van der Waals surface area contributed by atoms with Gasteiger partial charge in [0, 0.05) is 25.2 Å². The lowest BCUT2D eigenvalue weighted by atomic mass is 10.0. The molecule has 1 saturated heterocycles. The van der Waals surface area contributed by atoms with Crippen molar-refractivity contribution in [3.05, 3.63) is 112 Å². The summed E-state index contributed by atoms with van der Waals surface area (Å²) in [5.41, 5.74) is 3.44. The second-order valence-corrected chi connectivity index (χ2v) is 8.00. The highest BCUT2D eigenvalue weighted by Gasteiger charge is 2.27. The van der Waals surface area contributed by atoms with Gasteiger partial charge >= 0.3 is 0 Å².